The summed E-state index contributed by atoms with van der Waals surface area (Å²) >= 11 is 7.14. The van der Waals surface area contributed by atoms with Crippen molar-refractivity contribution in [2.75, 3.05) is 13.2 Å². The summed E-state index contributed by atoms with van der Waals surface area (Å²) in [5.74, 6) is -0.887. The Morgan fingerprint density at radius 3 is 2.41 bits per heavy atom. The van der Waals surface area contributed by atoms with Crippen LogP contribution >= 0.6 is 22.9 Å². The number of nitrogens with one attached hydrogen (secondary N) is 1. The maximum absolute atomic E-state index is 12.5. The van der Waals surface area contributed by atoms with Gasteiger partial charge in [-0.25, -0.2) is 9.78 Å². The standard InChI is InChI=1S/C24H23ClN2O4S/c1-15-22(32-23(27-15)19-9-11-20(25)12-10-19)24(30)31-14-21(29)18-7-5-17(6-8-18)4-3-13-26-16(2)28/h5-12H,3-4,13-14H2,1-2H3,(H,26,28). The van der Waals surface area contributed by atoms with E-state index in [1.807, 2.05) is 24.3 Å². The molecule has 0 unspecified atom stereocenters. The number of amides is 1. The van der Waals surface area contributed by atoms with Crippen LogP contribution in [0.2, 0.25) is 5.02 Å². The number of thiazole rings is 1. The third-order valence-corrected chi connectivity index (χ3v) is 6.14. The molecule has 0 saturated carbocycles. The highest BCUT2D eigenvalue weighted by molar-refractivity contribution is 7.17. The minimum atomic E-state index is -0.567. The minimum Gasteiger partial charge on any atom is -0.453 e. The van der Waals surface area contributed by atoms with Crippen LogP contribution in [-0.4, -0.2) is 35.8 Å². The van der Waals surface area contributed by atoms with E-state index in [1.54, 1.807) is 31.2 Å². The first-order valence-corrected chi connectivity index (χ1v) is 11.3. The fraction of sp³-hybridized carbons (Fsp3) is 0.250. The molecular formula is C24H23ClN2O4S. The Hall–Kier alpha value is -3.03. The molecule has 0 fully saturated rings. The van der Waals surface area contributed by atoms with Crippen LogP contribution in [0.25, 0.3) is 10.6 Å². The van der Waals surface area contributed by atoms with Gasteiger partial charge < -0.3 is 10.1 Å². The van der Waals surface area contributed by atoms with Crippen molar-refractivity contribution >= 4 is 40.6 Å². The molecule has 0 bridgehead atoms. The SMILES string of the molecule is CC(=O)NCCCc1ccc(C(=O)COC(=O)c2sc(-c3ccc(Cl)cc3)nc2C)cc1. The molecule has 0 atom stereocenters. The van der Waals surface area contributed by atoms with Crippen LogP contribution in [-0.2, 0) is 16.0 Å². The number of nitrogens with zero attached hydrogens (tertiary/aromatic N) is 1. The number of rotatable bonds is 9. The van der Waals surface area contributed by atoms with E-state index in [9.17, 15) is 14.4 Å². The summed E-state index contributed by atoms with van der Waals surface area (Å²) in [6.07, 6.45) is 1.61. The zero-order chi connectivity index (χ0) is 23.1. The molecule has 0 aliphatic heterocycles. The highest BCUT2D eigenvalue weighted by Crippen LogP contribution is 2.29. The Balaban J connectivity index is 1.54. The van der Waals surface area contributed by atoms with Crippen LogP contribution in [0.15, 0.2) is 48.5 Å². The monoisotopic (exact) mass is 470 g/mol. The number of carbonyl (C=O) groups excluding carboxylic acids is 3. The van der Waals surface area contributed by atoms with Crippen LogP contribution in [0.5, 0.6) is 0 Å². The van der Waals surface area contributed by atoms with Gasteiger partial charge in [-0.2, -0.15) is 0 Å². The minimum absolute atomic E-state index is 0.0461. The van der Waals surface area contributed by atoms with E-state index >= 15 is 0 Å². The lowest BCUT2D eigenvalue weighted by atomic mass is 10.1. The summed E-state index contributed by atoms with van der Waals surface area (Å²) in [7, 11) is 0. The summed E-state index contributed by atoms with van der Waals surface area (Å²) in [5.41, 5.74) is 2.96. The Kier molecular flexibility index (Phi) is 8.14. The topological polar surface area (TPSA) is 85.4 Å². The Labute approximate surface area is 195 Å². The summed E-state index contributed by atoms with van der Waals surface area (Å²) in [5, 5.41) is 4.06. The lowest BCUT2D eigenvalue weighted by molar-refractivity contribution is -0.118. The molecule has 32 heavy (non-hydrogen) atoms. The lowest BCUT2D eigenvalue weighted by Gasteiger charge is -2.06. The molecule has 8 heteroatoms. The summed E-state index contributed by atoms with van der Waals surface area (Å²) < 4.78 is 5.25. The second kappa shape index (κ2) is 11.0. The number of aryl methyl sites for hydroxylation is 2. The lowest BCUT2D eigenvalue weighted by Crippen LogP contribution is -2.21. The number of hydrogen-bond acceptors (Lipinski definition) is 6. The molecule has 3 rings (SSSR count). The van der Waals surface area contributed by atoms with E-state index in [0.29, 0.717) is 32.7 Å². The van der Waals surface area contributed by atoms with E-state index in [2.05, 4.69) is 10.3 Å². The van der Waals surface area contributed by atoms with E-state index < -0.39 is 5.97 Å². The Bertz CT molecular complexity index is 1110. The van der Waals surface area contributed by atoms with Crippen molar-refractivity contribution in [1.82, 2.24) is 10.3 Å². The molecule has 0 spiro atoms. The molecule has 6 nitrogen and oxygen atoms in total. The molecule has 1 amide bonds. The van der Waals surface area contributed by atoms with Gasteiger partial charge in [0.25, 0.3) is 0 Å². The van der Waals surface area contributed by atoms with Gasteiger partial charge in [-0.3, -0.25) is 9.59 Å². The van der Waals surface area contributed by atoms with Crippen LogP contribution in [0, 0.1) is 6.92 Å². The first-order valence-electron chi connectivity index (χ1n) is 10.1. The Morgan fingerprint density at radius 1 is 1.06 bits per heavy atom. The van der Waals surface area contributed by atoms with Crippen molar-refractivity contribution in [3.63, 3.8) is 0 Å². The molecule has 1 heterocycles. The molecule has 0 saturated heterocycles. The molecule has 166 valence electrons. The van der Waals surface area contributed by atoms with E-state index in [4.69, 9.17) is 16.3 Å². The van der Waals surface area contributed by atoms with Gasteiger partial charge in [0.1, 0.15) is 9.88 Å². The number of Topliss-reactive ketones (excluding diaryl/α,β-unsaturated/α-hetero) is 1. The largest absolute Gasteiger partial charge is 0.453 e. The second-order valence-corrected chi connectivity index (χ2v) is 8.66. The number of halogens is 1. The number of ketones is 1. The van der Waals surface area contributed by atoms with Gasteiger partial charge in [0, 0.05) is 29.6 Å². The highest BCUT2D eigenvalue weighted by Gasteiger charge is 2.19. The average Bonchev–Trinajstić information content (AvgIpc) is 3.17. The molecular weight excluding hydrogens is 448 g/mol. The number of esters is 1. The highest BCUT2D eigenvalue weighted by atomic mass is 35.5. The van der Waals surface area contributed by atoms with Gasteiger partial charge in [-0.15, -0.1) is 11.3 Å². The Morgan fingerprint density at radius 2 is 1.75 bits per heavy atom. The molecule has 0 aliphatic carbocycles. The zero-order valence-corrected chi connectivity index (χ0v) is 19.4. The number of hydrogen-bond donors (Lipinski definition) is 1. The first kappa shape index (κ1) is 23.6. The van der Waals surface area contributed by atoms with Gasteiger partial charge >= 0.3 is 5.97 Å². The van der Waals surface area contributed by atoms with Crippen molar-refractivity contribution in [2.45, 2.75) is 26.7 Å². The molecule has 1 N–H and O–H groups in total. The second-order valence-electron chi connectivity index (χ2n) is 7.22. The van der Waals surface area contributed by atoms with Crippen LogP contribution in [0.1, 0.15) is 44.6 Å². The number of ether oxygens (including phenoxy) is 1. The first-order chi connectivity index (χ1) is 15.3. The molecule has 1 aromatic heterocycles. The van der Waals surface area contributed by atoms with Gasteiger partial charge in [0.15, 0.2) is 12.4 Å². The van der Waals surface area contributed by atoms with Crippen molar-refractivity contribution in [2.24, 2.45) is 0 Å². The molecule has 3 aromatic rings. The average molecular weight is 471 g/mol. The third-order valence-electron chi connectivity index (χ3n) is 4.70. The van der Waals surface area contributed by atoms with E-state index in [-0.39, 0.29) is 18.3 Å². The van der Waals surface area contributed by atoms with Crippen molar-refractivity contribution in [1.29, 1.82) is 0 Å². The van der Waals surface area contributed by atoms with Gasteiger partial charge in [-0.05, 0) is 37.5 Å². The number of aromatic nitrogens is 1. The predicted molar refractivity (Wildman–Crippen MR) is 125 cm³/mol. The maximum atomic E-state index is 12.5. The van der Waals surface area contributed by atoms with E-state index in [1.165, 1.54) is 18.3 Å². The van der Waals surface area contributed by atoms with Crippen molar-refractivity contribution in [3.8, 4) is 10.6 Å². The van der Waals surface area contributed by atoms with Crippen LogP contribution < -0.4 is 5.32 Å². The molecule has 0 radical (unpaired) electrons. The van der Waals surface area contributed by atoms with E-state index in [0.717, 1.165) is 24.0 Å². The zero-order valence-electron chi connectivity index (χ0n) is 17.8. The molecule has 2 aromatic carbocycles. The number of carbonyl (C=O) groups is 3. The van der Waals surface area contributed by atoms with Crippen LogP contribution in [0.3, 0.4) is 0 Å². The van der Waals surface area contributed by atoms with Crippen LogP contribution in [0.4, 0.5) is 0 Å². The van der Waals surface area contributed by atoms with Crippen molar-refractivity contribution in [3.05, 3.63) is 75.3 Å². The summed E-state index contributed by atoms with van der Waals surface area (Å²) in [6.45, 7) is 3.50. The van der Waals surface area contributed by atoms with Gasteiger partial charge in [0.05, 0.1) is 5.69 Å². The normalized spacial score (nSPS) is 10.6. The fourth-order valence-corrected chi connectivity index (χ4v) is 4.09. The quantitative estimate of drug-likeness (QED) is 0.273. The fourth-order valence-electron chi connectivity index (χ4n) is 3.00. The van der Waals surface area contributed by atoms with Gasteiger partial charge in [-0.1, -0.05) is 48.0 Å². The number of benzene rings is 2. The maximum Gasteiger partial charge on any atom is 0.350 e. The smallest absolute Gasteiger partial charge is 0.350 e. The van der Waals surface area contributed by atoms with Crippen molar-refractivity contribution < 1.29 is 19.1 Å². The summed E-state index contributed by atoms with van der Waals surface area (Å²) in [6, 6.07) is 14.4. The predicted octanol–water partition coefficient (Wildman–Crippen LogP) is 4.88. The van der Waals surface area contributed by atoms with Gasteiger partial charge in [0.2, 0.25) is 5.91 Å². The molecule has 0 aliphatic rings. The summed E-state index contributed by atoms with van der Waals surface area (Å²) in [4.78, 5) is 40.6. The third kappa shape index (κ3) is 6.48.